The third-order valence-corrected chi connectivity index (χ3v) is 4.03. The fourth-order valence-electron chi connectivity index (χ4n) is 2.77. The van der Waals surface area contributed by atoms with Crippen molar-refractivity contribution in [2.45, 2.75) is 6.17 Å². The second-order valence-electron chi connectivity index (χ2n) is 5.55. The van der Waals surface area contributed by atoms with Crippen LogP contribution in [0.1, 0.15) is 17.3 Å². The molecule has 118 valence electrons. The Balaban J connectivity index is 1.71. The maximum atomic E-state index is 15.0. The molecule has 0 aliphatic carbocycles. The summed E-state index contributed by atoms with van der Waals surface area (Å²) in [5, 5.41) is 15.8. The topological polar surface area (TPSA) is 80.5 Å². The third-order valence-electron chi connectivity index (χ3n) is 4.03. The molecule has 0 radical (unpaired) electrons. The predicted octanol–water partition coefficient (Wildman–Crippen LogP) is 3.66. The van der Waals surface area contributed by atoms with Crippen LogP contribution in [0.5, 0.6) is 0 Å². The van der Waals surface area contributed by atoms with E-state index in [1.54, 1.807) is 24.3 Å². The number of rotatable bonds is 3. The van der Waals surface area contributed by atoms with Gasteiger partial charge < -0.3 is 5.73 Å². The average molecular weight is 319 g/mol. The lowest BCUT2D eigenvalue weighted by molar-refractivity contribution is 0.403. The molecule has 3 aromatic carbocycles. The Morgan fingerprint density at radius 3 is 2.54 bits per heavy atom. The van der Waals surface area contributed by atoms with E-state index in [2.05, 4.69) is 20.6 Å². The first-order valence-corrected chi connectivity index (χ1v) is 7.48. The number of H-pyrrole nitrogens is 1. The van der Waals surface area contributed by atoms with Gasteiger partial charge in [-0.1, -0.05) is 48.5 Å². The first-order chi connectivity index (χ1) is 11.7. The molecule has 24 heavy (non-hydrogen) atoms. The highest BCUT2D eigenvalue weighted by atomic mass is 19.1. The van der Waals surface area contributed by atoms with Gasteiger partial charge in [0.15, 0.2) is 6.17 Å². The van der Waals surface area contributed by atoms with Gasteiger partial charge in [0, 0.05) is 16.8 Å². The summed E-state index contributed by atoms with van der Waals surface area (Å²) in [6.45, 7) is 0. The van der Waals surface area contributed by atoms with E-state index in [1.807, 2.05) is 36.4 Å². The van der Waals surface area contributed by atoms with Crippen molar-refractivity contribution in [3.8, 4) is 11.4 Å². The number of aromatic amines is 1. The van der Waals surface area contributed by atoms with E-state index < -0.39 is 6.17 Å². The summed E-state index contributed by atoms with van der Waals surface area (Å²) >= 11 is 0. The fourth-order valence-corrected chi connectivity index (χ4v) is 2.77. The highest BCUT2D eigenvalue weighted by Crippen LogP contribution is 2.33. The number of nitrogen functional groups attached to an aromatic ring is 1. The van der Waals surface area contributed by atoms with Crippen molar-refractivity contribution in [3.05, 3.63) is 71.8 Å². The molecule has 0 bridgehead atoms. The molecule has 4 aromatic rings. The van der Waals surface area contributed by atoms with E-state index in [0.29, 0.717) is 28.2 Å². The first kappa shape index (κ1) is 14.3. The fraction of sp³-hybridized carbons (Fsp3) is 0.0556. The first-order valence-electron chi connectivity index (χ1n) is 7.48. The molecule has 0 amide bonds. The Hall–Kier alpha value is -3.28. The highest BCUT2D eigenvalue weighted by molar-refractivity contribution is 5.83. The summed E-state index contributed by atoms with van der Waals surface area (Å²) in [6, 6.07) is 18.5. The zero-order valence-corrected chi connectivity index (χ0v) is 12.6. The number of alkyl halides is 1. The Morgan fingerprint density at radius 2 is 1.79 bits per heavy atom. The van der Waals surface area contributed by atoms with Crippen LogP contribution < -0.4 is 5.73 Å². The molecule has 0 aliphatic heterocycles. The number of halogens is 1. The molecule has 1 unspecified atom stereocenters. The largest absolute Gasteiger partial charge is 0.398 e. The molecule has 1 atom stereocenters. The van der Waals surface area contributed by atoms with Gasteiger partial charge in [-0.15, -0.1) is 10.2 Å². The molecule has 5 nitrogen and oxygen atoms in total. The van der Waals surface area contributed by atoms with E-state index in [0.717, 1.165) is 10.8 Å². The van der Waals surface area contributed by atoms with Crippen molar-refractivity contribution in [3.63, 3.8) is 0 Å². The molecule has 0 spiro atoms. The molecule has 4 rings (SSSR count). The van der Waals surface area contributed by atoms with E-state index in [-0.39, 0.29) is 0 Å². The Kier molecular flexibility index (Phi) is 3.42. The lowest BCUT2D eigenvalue weighted by atomic mass is 9.97. The number of hydrogen-bond donors (Lipinski definition) is 2. The van der Waals surface area contributed by atoms with E-state index in [9.17, 15) is 0 Å². The predicted molar refractivity (Wildman–Crippen MR) is 90.9 cm³/mol. The Bertz CT molecular complexity index is 997. The second-order valence-corrected chi connectivity index (χ2v) is 5.55. The van der Waals surface area contributed by atoms with Gasteiger partial charge >= 0.3 is 0 Å². The second kappa shape index (κ2) is 5.73. The van der Waals surface area contributed by atoms with Gasteiger partial charge in [-0.2, -0.15) is 5.21 Å². The van der Waals surface area contributed by atoms with E-state index in [1.165, 1.54) is 0 Å². The smallest absolute Gasteiger partial charge is 0.204 e. The van der Waals surface area contributed by atoms with E-state index in [4.69, 9.17) is 5.73 Å². The number of tetrazole rings is 1. The summed E-state index contributed by atoms with van der Waals surface area (Å²) in [4.78, 5) is 0. The number of aromatic nitrogens is 4. The molecular weight excluding hydrogens is 305 g/mol. The van der Waals surface area contributed by atoms with Gasteiger partial charge in [-0.05, 0) is 33.7 Å². The minimum absolute atomic E-state index is 0.359. The van der Waals surface area contributed by atoms with Crippen LogP contribution in [0.2, 0.25) is 0 Å². The van der Waals surface area contributed by atoms with Gasteiger partial charge in [0.25, 0.3) is 0 Å². The standard InChI is InChI=1S/C18H14FN5/c19-17(13-6-5-11-3-1-2-4-12(11)9-13)15-8-7-14(10-16(15)20)18-21-23-24-22-18/h1-10,17H,20H2,(H,21,22,23,24). The van der Waals surface area contributed by atoms with Crippen LogP contribution in [0.4, 0.5) is 10.1 Å². The number of fused-ring (bicyclic) bond motifs is 1. The Labute approximate surface area is 137 Å². The van der Waals surface area contributed by atoms with Crippen molar-refractivity contribution < 1.29 is 4.39 Å². The summed E-state index contributed by atoms with van der Waals surface area (Å²) in [7, 11) is 0. The molecule has 0 saturated carbocycles. The third kappa shape index (κ3) is 2.48. The van der Waals surface area contributed by atoms with E-state index >= 15 is 4.39 Å². The van der Waals surface area contributed by atoms with Crippen LogP contribution in [0, 0.1) is 0 Å². The van der Waals surface area contributed by atoms with Crippen molar-refractivity contribution >= 4 is 16.5 Å². The molecule has 6 heteroatoms. The minimum Gasteiger partial charge on any atom is -0.398 e. The zero-order chi connectivity index (χ0) is 16.5. The van der Waals surface area contributed by atoms with Crippen LogP contribution in [0.25, 0.3) is 22.2 Å². The van der Waals surface area contributed by atoms with Crippen LogP contribution in [0.15, 0.2) is 60.7 Å². The monoisotopic (exact) mass is 319 g/mol. The summed E-state index contributed by atoms with van der Waals surface area (Å²) in [6.07, 6.45) is -1.30. The average Bonchev–Trinajstić information content (AvgIpc) is 3.15. The molecule has 3 N–H and O–H groups in total. The van der Waals surface area contributed by atoms with Gasteiger partial charge in [0.1, 0.15) is 0 Å². The molecule has 0 aliphatic rings. The number of nitrogens with zero attached hydrogens (tertiary/aromatic N) is 3. The lowest BCUT2D eigenvalue weighted by Crippen LogP contribution is -2.00. The Morgan fingerprint density at radius 1 is 0.958 bits per heavy atom. The van der Waals surface area contributed by atoms with Crippen LogP contribution in [-0.4, -0.2) is 20.6 Å². The quantitative estimate of drug-likeness (QED) is 0.565. The van der Waals surface area contributed by atoms with Crippen LogP contribution in [-0.2, 0) is 0 Å². The normalized spacial score (nSPS) is 12.4. The van der Waals surface area contributed by atoms with Crippen LogP contribution in [0.3, 0.4) is 0 Å². The molecule has 0 saturated heterocycles. The van der Waals surface area contributed by atoms with Gasteiger partial charge in [-0.25, -0.2) is 4.39 Å². The van der Waals surface area contributed by atoms with Crippen LogP contribution >= 0.6 is 0 Å². The maximum absolute atomic E-state index is 15.0. The lowest BCUT2D eigenvalue weighted by Gasteiger charge is -2.13. The number of benzene rings is 3. The number of nitrogens with two attached hydrogens (primary N) is 1. The molecular formula is C18H14FN5. The number of hydrogen-bond acceptors (Lipinski definition) is 4. The van der Waals surface area contributed by atoms with Crippen molar-refractivity contribution in [2.75, 3.05) is 5.73 Å². The maximum Gasteiger partial charge on any atom is 0.204 e. The number of nitrogens with one attached hydrogen (secondary N) is 1. The highest BCUT2D eigenvalue weighted by Gasteiger charge is 2.17. The van der Waals surface area contributed by atoms with Crippen molar-refractivity contribution in [1.29, 1.82) is 0 Å². The molecule has 1 heterocycles. The summed E-state index contributed by atoms with van der Waals surface area (Å²) in [5.41, 5.74) is 8.11. The van der Waals surface area contributed by atoms with Crippen molar-refractivity contribution in [2.24, 2.45) is 0 Å². The van der Waals surface area contributed by atoms with Gasteiger partial charge in [0.05, 0.1) is 0 Å². The van der Waals surface area contributed by atoms with Gasteiger partial charge in [-0.3, -0.25) is 0 Å². The van der Waals surface area contributed by atoms with Gasteiger partial charge in [0.2, 0.25) is 5.82 Å². The molecule has 0 fully saturated rings. The summed E-state index contributed by atoms with van der Waals surface area (Å²) in [5.74, 6) is 0.425. The van der Waals surface area contributed by atoms with Crippen molar-refractivity contribution in [1.82, 2.24) is 20.6 Å². The summed E-state index contributed by atoms with van der Waals surface area (Å²) < 4.78 is 15.0. The zero-order valence-electron chi connectivity index (χ0n) is 12.6. The number of anilines is 1. The minimum atomic E-state index is -1.30. The molecule has 1 aromatic heterocycles. The SMILES string of the molecule is Nc1cc(-c2nn[nH]n2)ccc1C(F)c1ccc2ccccc2c1.